The van der Waals surface area contributed by atoms with Gasteiger partial charge in [-0.1, -0.05) is 17.7 Å². The van der Waals surface area contributed by atoms with E-state index in [0.717, 1.165) is 32.2 Å². The van der Waals surface area contributed by atoms with Crippen molar-refractivity contribution in [3.05, 3.63) is 29.3 Å². The van der Waals surface area contributed by atoms with E-state index < -0.39 is 0 Å². The second-order valence-corrected chi connectivity index (χ2v) is 6.52. The van der Waals surface area contributed by atoms with Gasteiger partial charge >= 0.3 is 0 Å². The minimum absolute atomic E-state index is 0.766. The first-order valence-corrected chi connectivity index (χ1v) is 8.32. The van der Waals surface area contributed by atoms with Crippen LogP contribution in [0.2, 0.25) is 0 Å². The summed E-state index contributed by atoms with van der Waals surface area (Å²) in [4.78, 5) is 4.78. The minimum atomic E-state index is 0.766. The fraction of sp³-hybridized carbons (Fsp3) is 0.667. The van der Waals surface area contributed by atoms with E-state index in [4.69, 9.17) is 0 Å². The molecule has 0 spiro atoms. The Morgan fingerprint density at radius 1 is 1.19 bits per heavy atom. The van der Waals surface area contributed by atoms with Gasteiger partial charge in [0.05, 0.1) is 0 Å². The van der Waals surface area contributed by atoms with Gasteiger partial charge in [-0.25, -0.2) is 0 Å². The van der Waals surface area contributed by atoms with Crippen LogP contribution in [0.5, 0.6) is 0 Å². The first kappa shape index (κ1) is 16.3. The average molecular weight is 289 g/mol. The Hall–Kier alpha value is -1.06. The Labute approximate surface area is 130 Å². The Morgan fingerprint density at radius 2 is 1.95 bits per heavy atom. The number of nitrogens with zero attached hydrogens (tertiary/aromatic N) is 2. The number of nitrogens with one attached hydrogen (secondary N) is 1. The molecule has 21 heavy (non-hydrogen) atoms. The summed E-state index contributed by atoms with van der Waals surface area (Å²) in [6, 6.07) is 7.66. The van der Waals surface area contributed by atoms with Crippen LogP contribution in [0.25, 0.3) is 0 Å². The first-order chi connectivity index (χ1) is 10.1. The smallest absolute Gasteiger partial charge is 0.0411 e. The van der Waals surface area contributed by atoms with E-state index in [9.17, 15) is 0 Å². The maximum atomic E-state index is 3.66. The number of anilines is 1. The molecule has 0 atom stereocenters. The number of aryl methyl sites for hydroxylation is 1. The highest BCUT2D eigenvalue weighted by molar-refractivity contribution is 5.55. The van der Waals surface area contributed by atoms with Crippen LogP contribution in [0, 0.1) is 6.92 Å². The van der Waals surface area contributed by atoms with Crippen LogP contribution in [0.1, 0.15) is 37.3 Å². The van der Waals surface area contributed by atoms with E-state index in [1.54, 1.807) is 0 Å². The lowest BCUT2D eigenvalue weighted by Crippen LogP contribution is -2.28. The molecule has 1 saturated carbocycles. The Morgan fingerprint density at radius 3 is 2.57 bits per heavy atom. The van der Waals surface area contributed by atoms with E-state index in [1.807, 2.05) is 0 Å². The Balaban J connectivity index is 2.02. The normalized spacial score (nSPS) is 14.7. The highest BCUT2D eigenvalue weighted by Crippen LogP contribution is 2.25. The van der Waals surface area contributed by atoms with E-state index >= 15 is 0 Å². The lowest BCUT2D eigenvalue weighted by molar-refractivity contribution is 0.400. The van der Waals surface area contributed by atoms with Crippen molar-refractivity contribution in [1.82, 2.24) is 10.2 Å². The molecule has 118 valence electrons. The van der Waals surface area contributed by atoms with E-state index in [-0.39, 0.29) is 0 Å². The third-order valence-electron chi connectivity index (χ3n) is 4.15. The molecule has 0 heterocycles. The quantitative estimate of drug-likeness (QED) is 0.754. The standard InChI is InChI=1S/C18H31N3/c1-5-21(12-6-11-20(3)4)18-10-7-15(2)13-16(18)14-19-17-8-9-17/h7,10,13,17,19H,5-6,8-9,11-12,14H2,1-4H3. The first-order valence-electron chi connectivity index (χ1n) is 8.32. The second kappa shape index (κ2) is 7.81. The molecule has 0 radical (unpaired) electrons. The molecule has 1 aromatic carbocycles. The van der Waals surface area contributed by atoms with E-state index in [2.05, 4.69) is 61.3 Å². The van der Waals surface area contributed by atoms with Crippen molar-refractivity contribution in [2.45, 2.75) is 45.7 Å². The van der Waals surface area contributed by atoms with E-state index in [0.29, 0.717) is 0 Å². The maximum absolute atomic E-state index is 3.66. The fourth-order valence-electron chi connectivity index (χ4n) is 2.73. The molecule has 3 heteroatoms. The predicted molar refractivity (Wildman–Crippen MR) is 92.1 cm³/mol. The monoisotopic (exact) mass is 289 g/mol. The molecule has 1 aliphatic rings. The molecule has 0 bridgehead atoms. The third kappa shape index (κ3) is 5.33. The van der Waals surface area contributed by atoms with Crippen LogP contribution in [-0.4, -0.2) is 44.7 Å². The molecule has 2 rings (SSSR count). The van der Waals surface area contributed by atoms with Crippen molar-refractivity contribution >= 4 is 5.69 Å². The maximum Gasteiger partial charge on any atom is 0.0411 e. The van der Waals surface area contributed by atoms with Crippen LogP contribution >= 0.6 is 0 Å². The summed E-state index contributed by atoms with van der Waals surface area (Å²) in [5.74, 6) is 0. The molecule has 1 fully saturated rings. The summed E-state index contributed by atoms with van der Waals surface area (Å²) < 4.78 is 0. The molecule has 1 N–H and O–H groups in total. The van der Waals surface area contributed by atoms with Gasteiger partial charge in [-0.2, -0.15) is 0 Å². The van der Waals surface area contributed by atoms with Gasteiger partial charge < -0.3 is 15.1 Å². The molecular formula is C18H31N3. The topological polar surface area (TPSA) is 18.5 Å². The zero-order valence-corrected chi connectivity index (χ0v) is 14.2. The summed E-state index contributed by atoms with van der Waals surface area (Å²) in [7, 11) is 4.29. The number of benzene rings is 1. The molecule has 0 aromatic heterocycles. The van der Waals surface area contributed by atoms with Crippen molar-refractivity contribution in [3.8, 4) is 0 Å². The van der Waals surface area contributed by atoms with Gasteiger partial charge in [-0.15, -0.1) is 0 Å². The van der Waals surface area contributed by atoms with Crippen LogP contribution in [0.15, 0.2) is 18.2 Å². The summed E-state index contributed by atoms with van der Waals surface area (Å²) in [6.07, 6.45) is 3.91. The summed E-state index contributed by atoms with van der Waals surface area (Å²) >= 11 is 0. The van der Waals surface area contributed by atoms with Gasteiger partial charge in [0.15, 0.2) is 0 Å². The van der Waals surface area contributed by atoms with Crippen LogP contribution in [0.4, 0.5) is 5.69 Å². The molecular weight excluding hydrogens is 258 g/mol. The van der Waals surface area contributed by atoms with Crippen molar-refractivity contribution in [1.29, 1.82) is 0 Å². The van der Waals surface area contributed by atoms with Gasteiger partial charge in [-0.05, 0) is 65.4 Å². The highest BCUT2D eigenvalue weighted by Gasteiger charge is 2.21. The SMILES string of the molecule is CCN(CCCN(C)C)c1ccc(C)cc1CNC1CC1. The molecule has 1 aromatic rings. The van der Waals surface area contributed by atoms with Crippen molar-refractivity contribution in [3.63, 3.8) is 0 Å². The summed E-state index contributed by atoms with van der Waals surface area (Å²) in [6.45, 7) is 8.81. The van der Waals surface area contributed by atoms with Crippen LogP contribution < -0.4 is 10.2 Å². The molecule has 0 aliphatic heterocycles. The van der Waals surface area contributed by atoms with Crippen LogP contribution in [0.3, 0.4) is 0 Å². The van der Waals surface area contributed by atoms with Gasteiger partial charge in [0.2, 0.25) is 0 Å². The molecule has 3 nitrogen and oxygen atoms in total. The van der Waals surface area contributed by atoms with Crippen molar-refractivity contribution in [2.24, 2.45) is 0 Å². The van der Waals surface area contributed by atoms with Crippen molar-refractivity contribution < 1.29 is 0 Å². The van der Waals surface area contributed by atoms with Gasteiger partial charge in [0, 0.05) is 31.4 Å². The highest BCUT2D eigenvalue weighted by atomic mass is 15.1. The third-order valence-corrected chi connectivity index (χ3v) is 4.15. The molecule has 0 saturated heterocycles. The molecule has 0 amide bonds. The zero-order valence-electron chi connectivity index (χ0n) is 14.2. The zero-order chi connectivity index (χ0) is 15.2. The predicted octanol–water partition coefficient (Wildman–Crippen LogP) is 3.03. The number of hydrogen-bond acceptors (Lipinski definition) is 3. The molecule has 1 aliphatic carbocycles. The summed E-state index contributed by atoms with van der Waals surface area (Å²) in [5.41, 5.74) is 4.22. The lowest BCUT2D eigenvalue weighted by atomic mass is 10.1. The Bertz CT molecular complexity index is 438. The van der Waals surface area contributed by atoms with Crippen LogP contribution in [-0.2, 0) is 6.54 Å². The number of rotatable bonds is 9. The minimum Gasteiger partial charge on any atom is -0.372 e. The fourth-order valence-corrected chi connectivity index (χ4v) is 2.73. The Kier molecular flexibility index (Phi) is 6.07. The van der Waals surface area contributed by atoms with Gasteiger partial charge in [-0.3, -0.25) is 0 Å². The van der Waals surface area contributed by atoms with E-state index in [1.165, 1.54) is 36.1 Å². The summed E-state index contributed by atoms with van der Waals surface area (Å²) in [5, 5.41) is 3.66. The lowest BCUT2D eigenvalue weighted by Gasteiger charge is -2.27. The van der Waals surface area contributed by atoms with Crippen molar-refractivity contribution in [2.75, 3.05) is 38.6 Å². The average Bonchev–Trinajstić information content (AvgIpc) is 3.26. The largest absolute Gasteiger partial charge is 0.372 e. The number of hydrogen-bond donors (Lipinski definition) is 1. The second-order valence-electron chi connectivity index (χ2n) is 6.52. The molecule has 0 unspecified atom stereocenters. The van der Waals surface area contributed by atoms with Gasteiger partial charge in [0.25, 0.3) is 0 Å². The van der Waals surface area contributed by atoms with Gasteiger partial charge in [0.1, 0.15) is 0 Å².